The number of fused-ring (bicyclic) bond motifs is 1. The van der Waals surface area contributed by atoms with E-state index in [2.05, 4.69) is 15.2 Å². The molecular formula is C26H24N4O3. The van der Waals surface area contributed by atoms with Crippen molar-refractivity contribution in [1.29, 1.82) is 0 Å². The number of aryl methyl sites for hydroxylation is 1. The van der Waals surface area contributed by atoms with E-state index in [4.69, 9.17) is 4.74 Å². The lowest BCUT2D eigenvalue weighted by Crippen LogP contribution is -2.29. The summed E-state index contributed by atoms with van der Waals surface area (Å²) in [4.78, 5) is 19.5. The molecular weight excluding hydrogens is 416 g/mol. The molecule has 0 bridgehead atoms. The lowest BCUT2D eigenvalue weighted by Gasteiger charge is -2.26. The molecule has 1 unspecified atom stereocenters. The van der Waals surface area contributed by atoms with Crippen LogP contribution in [-0.4, -0.2) is 37.7 Å². The number of aromatic amines is 1. The van der Waals surface area contributed by atoms with Gasteiger partial charge in [-0.2, -0.15) is 5.10 Å². The van der Waals surface area contributed by atoms with Crippen LogP contribution in [0.3, 0.4) is 0 Å². The zero-order chi connectivity index (χ0) is 22.9. The van der Waals surface area contributed by atoms with E-state index in [0.717, 1.165) is 28.0 Å². The molecule has 1 amide bonds. The average molecular weight is 441 g/mol. The van der Waals surface area contributed by atoms with Crippen LogP contribution in [-0.2, 0) is 6.54 Å². The van der Waals surface area contributed by atoms with Crippen molar-refractivity contribution in [2.45, 2.75) is 26.4 Å². The summed E-state index contributed by atoms with van der Waals surface area (Å²) in [6, 6.07) is 16.6. The van der Waals surface area contributed by atoms with Crippen LogP contribution in [0.5, 0.6) is 11.5 Å². The highest BCUT2D eigenvalue weighted by Gasteiger charge is 2.42. The van der Waals surface area contributed by atoms with Gasteiger partial charge in [-0.1, -0.05) is 29.8 Å². The van der Waals surface area contributed by atoms with Gasteiger partial charge >= 0.3 is 0 Å². The van der Waals surface area contributed by atoms with Gasteiger partial charge in [0, 0.05) is 30.1 Å². The number of carbonyl (C=O) groups is 1. The summed E-state index contributed by atoms with van der Waals surface area (Å²) in [6.07, 6.45) is 3.48. The molecule has 7 heteroatoms. The zero-order valence-electron chi connectivity index (χ0n) is 18.4. The van der Waals surface area contributed by atoms with Crippen molar-refractivity contribution >= 4 is 5.91 Å². The van der Waals surface area contributed by atoms with Crippen molar-refractivity contribution in [3.63, 3.8) is 0 Å². The van der Waals surface area contributed by atoms with Crippen molar-refractivity contribution < 1.29 is 14.6 Å². The predicted octanol–water partition coefficient (Wildman–Crippen LogP) is 4.63. The number of aromatic hydroxyl groups is 1. The molecule has 1 aliphatic rings. The summed E-state index contributed by atoms with van der Waals surface area (Å²) in [5.41, 5.74) is 5.23. The van der Waals surface area contributed by atoms with E-state index in [0.29, 0.717) is 30.1 Å². The second-order valence-corrected chi connectivity index (χ2v) is 8.08. The number of ether oxygens (including phenoxy) is 1. The number of pyridine rings is 1. The quantitative estimate of drug-likeness (QED) is 0.456. The van der Waals surface area contributed by atoms with Gasteiger partial charge in [-0.05, 0) is 55.3 Å². The number of benzene rings is 2. The van der Waals surface area contributed by atoms with Gasteiger partial charge in [-0.3, -0.25) is 14.9 Å². The smallest absolute Gasteiger partial charge is 0.273 e. The van der Waals surface area contributed by atoms with Gasteiger partial charge in [0.1, 0.15) is 22.9 Å². The third-order valence-electron chi connectivity index (χ3n) is 5.85. The summed E-state index contributed by atoms with van der Waals surface area (Å²) >= 11 is 0. The Bertz CT molecular complexity index is 1300. The fourth-order valence-corrected chi connectivity index (χ4v) is 4.35. The lowest BCUT2D eigenvalue weighted by molar-refractivity contribution is 0.0730. The highest BCUT2D eigenvalue weighted by molar-refractivity contribution is 6.00. The van der Waals surface area contributed by atoms with Gasteiger partial charge in [0.15, 0.2) is 0 Å². The van der Waals surface area contributed by atoms with E-state index < -0.39 is 0 Å². The maximum Gasteiger partial charge on any atom is 0.273 e. The molecule has 1 aliphatic heterocycles. The third kappa shape index (κ3) is 3.71. The number of aromatic nitrogens is 3. The third-order valence-corrected chi connectivity index (χ3v) is 5.85. The summed E-state index contributed by atoms with van der Waals surface area (Å²) in [5.74, 6) is 0.755. The predicted molar refractivity (Wildman–Crippen MR) is 124 cm³/mol. The molecule has 4 aromatic rings. The molecule has 0 radical (unpaired) electrons. The van der Waals surface area contributed by atoms with Gasteiger partial charge in [0.2, 0.25) is 0 Å². The zero-order valence-corrected chi connectivity index (χ0v) is 18.4. The van der Waals surface area contributed by atoms with Gasteiger partial charge in [-0.15, -0.1) is 0 Å². The molecule has 33 heavy (non-hydrogen) atoms. The largest absolute Gasteiger partial charge is 0.507 e. The molecule has 1 atom stereocenters. The Hall–Kier alpha value is -4.13. The number of phenolic OH excluding ortho intramolecular Hbond substituents is 1. The minimum atomic E-state index is -0.378. The molecule has 166 valence electrons. The van der Waals surface area contributed by atoms with Crippen molar-refractivity contribution in [3.8, 4) is 22.8 Å². The van der Waals surface area contributed by atoms with Gasteiger partial charge in [-0.25, -0.2) is 0 Å². The molecule has 0 fully saturated rings. The number of amides is 1. The van der Waals surface area contributed by atoms with Gasteiger partial charge in [0.25, 0.3) is 5.91 Å². The average Bonchev–Trinajstić information content (AvgIpc) is 3.36. The monoisotopic (exact) mass is 440 g/mol. The Morgan fingerprint density at radius 1 is 1.15 bits per heavy atom. The van der Waals surface area contributed by atoms with Crippen LogP contribution in [0.2, 0.25) is 0 Å². The maximum atomic E-state index is 13.5. The number of phenols is 1. The molecule has 2 aromatic carbocycles. The second-order valence-electron chi connectivity index (χ2n) is 8.08. The van der Waals surface area contributed by atoms with E-state index in [9.17, 15) is 9.90 Å². The first-order valence-electron chi connectivity index (χ1n) is 10.9. The highest BCUT2D eigenvalue weighted by Crippen LogP contribution is 2.45. The van der Waals surface area contributed by atoms with Crippen LogP contribution >= 0.6 is 0 Å². The van der Waals surface area contributed by atoms with Crippen molar-refractivity contribution in [2.75, 3.05) is 6.61 Å². The summed E-state index contributed by atoms with van der Waals surface area (Å²) in [6.45, 7) is 4.88. The van der Waals surface area contributed by atoms with Crippen LogP contribution in [0.25, 0.3) is 11.3 Å². The summed E-state index contributed by atoms with van der Waals surface area (Å²) < 4.78 is 5.60. The number of nitrogens with zero attached hydrogens (tertiary/aromatic N) is 3. The van der Waals surface area contributed by atoms with Crippen LogP contribution in [0.1, 0.15) is 45.7 Å². The summed E-state index contributed by atoms with van der Waals surface area (Å²) in [7, 11) is 0. The Morgan fingerprint density at radius 3 is 2.70 bits per heavy atom. The Morgan fingerprint density at radius 2 is 1.97 bits per heavy atom. The van der Waals surface area contributed by atoms with Crippen molar-refractivity contribution in [2.24, 2.45) is 0 Å². The Labute approximate surface area is 191 Å². The fraction of sp³-hybridized carbons (Fsp3) is 0.192. The molecule has 7 nitrogen and oxygen atoms in total. The van der Waals surface area contributed by atoms with Gasteiger partial charge < -0.3 is 14.7 Å². The van der Waals surface area contributed by atoms with E-state index in [-0.39, 0.29) is 17.7 Å². The molecule has 3 heterocycles. The molecule has 0 saturated carbocycles. The van der Waals surface area contributed by atoms with E-state index in [1.165, 1.54) is 0 Å². The molecule has 0 aliphatic carbocycles. The van der Waals surface area contributed by atoms with Crippen LogP contribution < -0.4 is 4.74 Å². The second kappa shape index (κ2) is 8.43. The summed E-state index contributed by atoms with van der Waals surface area (Å²) in [5, 5.41) is 18.0. The van der Waals surface area contributed by atoms with Crippen molar-refractivity contribution in [1.82, 2.24) is 20.1 Å². The molecule has 0 saturated heterocycles. The minimum absolute atomic E-state index is 0.124. The molecule has 2 aromatic heterocycles. The standard InChI is InChI=1S/C26H24N4O3/c1-3-33-19-9-7-18(8-10-19)25-22-23(20-13-16(2)6-11-21(20)31)28-29-24(22)26(32)30(25)15-17-5-4-12-27-14-17/h4-14,25,31H,3,15H2,1-2H3,(H,28,29). The number of rotatable bonds is 6. The minimum Gasteiger partial charge on any atom is -0.507 e. The Balaban J connectivity index is 1.65. The normalized spacial score (nSPS) is 15.0. The number of nitrogens with one attached hydrogen (secondary N) is 1. The van der Waals surface area contributed by atoms with Crippen LogP contribution in [0, 0.1) is 6.92 Å². The van der Waals surface area contributed by atoms with Crippen LogP contribution in [0.15, 0.2) is 67.0 Å². The topological polar surface area (TPSA) is 91.3 Å². The first-order chi connectivity index (χ1) is 16.1. The fourth-order valence-electron chi connectivity index (χ4n) is 4.35. The maximum absolute atomic E-state index is 13.5. The number of hydrogen-bond acceptors (Lipinski definition) is 5. The van der Waals surface area contributed by atoms with Crippen molar-refractivity contribution in [3.05, 3.63) is 94.9 Å². The number of H-pyrrole nitrogens is 1. The van der Waals surface area contributed by atoms with E-state index in [1.807, 2.05) is 67.3 Å². The van der Waals surface area contributed by atoms with E-state index >= 15 is 0 Å². The number of hydrogen-bond donors (Lipinski definition) is 2. The highest BCUT2D eigenvalue weighted by atomic mass is 16.5. The molecule has 0 spiro atoms. The van der Waals surface area contributed by atoms with Gasteiger partial charge in [0.05, 0.1) is 12.6 Å². The van der Waals surface area contributed by atoms with E-state index in [1.54, 1.807) is 18.5 Å². The number of carbonyl (C=O) groups excluding carboxylic acids is 1. The molecule has 2 N–H and O–H groups in total. The Kier molecular flexibility index (Phi) is 5.30. The first-order valence-corrected chi connectivity index (χ1v) is 10.9. The van der Waals surface area contributed by atoms with Crippen LogP contribution in [0.4, 0.5) is 0 Å². The lowest BCUT2D eigenvalue weighted by atomic mass is 9.95. The first kappa shape index (κ1) is 20.8. The molecule has 5 rings (SSSR count). The SMILES string of the molecule is CCOc1ccc(C2c3c(-c4cc(C)ccc4O)n[nH]c3C(=O)N2Cc2cccnc2)cc1.